The number of hydrogen-bond acceptors (Lipinski definition) is 4. The summed E-state index contributed by atoms with van der Waals surface area (Å²) in [6, 6.07) is 14.6. The number of amidine groups is 1. The van der Waals surface area contributed by atoms with Crippen molar-refractivity contribution in [3.8, 4) is 5.75 Å². The van der Waals surface area contributed by atoms with E-state index in [1.165, 1.54) is 4.31 Å². The van der Waals surface area contributed by atoms with Crippen LogP contribution < -0.4 is 4.74 Å². The Hall–Kier alpha value is -2.34. The Bertz CT molecular complexity index is 861. The van der Waals surface area contributed by atoms with Crippen molar-refractivity contribution in [2.24, 2.45) is 4.99 Å². The van der Waals surface area contributed by atoms with Crippen molar-refractivity contribution in [1.29, 1.82) is 0 Å². The molecule has 0 saturated carbocycles. The van der Waals surface area contributed by atoms with Crippen molar-refractivity contribution < 1.29 is 13.2 Å². The van der Waals surface area contributed by atoms with Crippen molar-refractivity contribution in [3.63, 3.8) is 0 Å². The van der Waals surface area contributed by atoms with Gasteiger partial charge in [0.25, 0.3) is 10.0 Å². The Kier molecular flexibility index (Phi) is 4.57. The molecule has 0 unspecified atom stereocenters. The first kappa shape index (κ1) is 16.5. The summed E-state index contributed by atoms with van der Waals surface area (Å²) in [7, 11) is -3.73. The van der Waals surface area contributed by atoms with Crippen LogP contribution in [0.5, 0.6) is 5.75 Å². The first-order valence-corrected chi connectivity index (χ1v) is 9.34. The van der Waals surface area contributed by atoms with Crippen molar-refractivity contribution >= 4 is 15.9 Å². The highest BCUT2D eigenvalue weighted by molar-refractivity contribution is 7.89. The molecule has 0 N–H and O–H groups in total. The molecule has 6 heteroatoms. The minimum atomic E-state index is -3.73. The third kappa shape index (κ3) is 3.01. The second-order valence-electron chi connectivity index (χ2n) is 5.53. The van der Waals surface area contributed by atoms with Crippen LogP contribution in [0.15, 0.2) is 58.4 Å². The highest BCUT2D eigenvalue weighted by Gasteiger charge is 2.33. The minimum Gasteiger partial charge on any atom is -0.492 e. The maximum Gasteiger partial charge on any atom is 0.269 e. The van der Waals surface area contributed by atoms with Gasteiger partial charge in [0.1, 0.15) is 16.5 Å². The molecule has 1 heterocycles. The number of sulfonamides is 1. The SMILES string of the molecule is CCOc1ccc(C)cc1S(=O)(=O)N1CCN=C1c1ccccc1. The number of benzene rings is 2. The van der Waals surface area contributed by atoms with Crippen LogP contribution in [0.3, 0.4) is 0 Å². The largest absolute Gasteiger partial charge is 0.492 e. The molecule has 0 atom stereocenters. The molecule has 0 bridgehead atoms. The fourth-order valence-electron chi connectivity index (χ4n) is 2.70. The molecule has 2 aromatic carbocycles. The van der Waals surface area contributed by atoms with Crippen LogP contribution in [-0.4, -0.2) is 38.3 Å². The summed E-state index contributed by atoms with van der Waals surface area (Å²) in [4.78, 5) is 4.59. The van der Waals surface area contributed by atoms with Crippen LogP contribution in [0, 0.1) is 6.92 Å². The Morgan fingerprint density at radius 2 is 1.92 bits per heavy atom. The summed E-state index contributed by atoms with van der Waals surface area (Å²) in [5.41, 5.74) is 1.67. The average molecular weight is 344 g/mol. The number of ether oxygens (including phenoxy) is 1. The molecule has 0 fully saturated rings. The lowest BCUT2D eigenvalue weighted by Gasteiger charge is -2.22. The summed E-state index contributed by atoms with van der Waals surface area (Å²) >= 11 is 0. The van der Waals surface area contributed by atoms with Gasteiger partial charge in [0, 0.05) is 5.56 Å². The molecule has 0 saturated heterocycles. The Morgan fingerprint density at radius 3 is 2.62 bits per heavy atom. The van der Waals surface area contributed by atoms with E-state index in [0.29, 0.717) is 31.3 Å². The quantitative estimate of drug-likeness (QED) is 0.838. The zero-order chi connectivity index (χ0) is 17.2. The second kappa shape index (κ2) is 6.65. The van der Waals surface area contributed by atoms with Gasteiger partial charge >= 0.3 is 0 Å². The number of hydrogen-bond donors (Lipinski definition) is 0. The number of rotatable bonds is 5. The minimum absolute atomic E-state index is 0.190. The van der Waals surface area contributed by atoms with E-state index in [2.05, 4.69) is 4.99 Å². The van der Waals surface area contributed by atoms with E-state index in [1.807, 2.05) is 50.2 Å². The molecule has 126 valence electrons. The first-order chi connectivity index (χ1) is 11.5. The van der Waals surface area contributed by atoms with E-state index >= 15 is 0 Å². The zero-order valence-electron chi connectivity index (χ0n) is 13.8. The molecular weight excluding hydrogens is 324 g/mol. The van der Waals surface area contributed by atoms with Crippen molar-refractivity contribution in [2.45, 2.75) is 18.7 Å². The average Bonchev–Trinajstić information content (AvgIpc) is 3.08. The number of nitrogens with zero attached hydrogens (tertiary/aromatic N) is 2. The summed E-state index contributed by atoms with van der Waals surface area (Å²) in [6.45, 7) is 4.91. The van der Waals surface area contributed by atoms with E-state index in [9.17, 15) is 8.42 Å². The van der Waals surface area contributed by atoms with Crippen LogP contribution >= 0.6 is 0 Å². The van der Waals surface area contributed by atoms with Gasteiger partial charge in [-0.1, -0.05) is 36.4 Å². The van der Waals surface area contributed by atoms with Gasteiger partial charge in [-0.05, 0) is 31.5 Å². The van der Waals surface area contributed by atoms with Gasteiger partial charge in [0.2, 0.25) is 0 Å². The molecule has 1 aliphatic heterocycles. The Balaban J connectivity index is 2.05. The van der Waals surface area contributed by atoms with Crippen LogP contribution in [0.25, 0.3) is 0 Å². The molecular formula is C18H20N2O3S. The fraction of sp³-hybridized carbons (Fsp3) is 0.278. The lowest BCUT2D eigenvalue weighted by molar-refractivity contribution is 0.330. The van der Waals surface area contributed by atoms with E-state index in [-0.39, 0.29) is 4.90 Å². The normalized spacial score (nSPS) is 14.6. The van der Waals surface area contributed by atoms with Gasteiger partial charge in [-0.3, -0.25) is 4.99 Å². The predicted octanol–water partition coefficient (Wildman–Crippen LogP) is 2.84. The molecule has 0 aromatic heterocycles. The van der Waals surface area contributed by atoms with Gasteiger partial charge < -0.3 is 4.74 Å². The van der Waals surface area contributed by atoms with Crippen LogP contribution in [-0.2, 0) is 10.0 Å². The van der Waals surface area contributed by atoms with Gasteiger partial charge in [-0.25, -0.2) is 12.7 Å². The molecule has 5 nitrogen and oxygen atoms in total. The van der Waals surface area contributed by atoms with Gasteiger partial charge in [0.05, 0.1) is 19.7 Å². The van der Waals surface area contributed by atoms with E-state index < -0.39 is 10.0 Å². The monoisotopic (exact) mass is 344 g/mol. The van der Waals surface area contributed by atoms with Gasteiger partial charge in [-0.15, -0.1) is 0 Å². The predicted molar refractivity (Wildman–Crippen MR) is 94.1 cm³/mol. The van der Waals surface area contributed by atoms with E-state index in [0.717, 1.165) is 11.1 Å². The highest BCUT2D eigenvalue weighted by atomic mass is 32.2. The number of aryl methyl sites for hydroxylation is 1. The Labute approximate surface area is 142 Å². The molecule has 2 aromatic rings. The third-order valence-corrected chi connectivity index (χ3v) is 5.61. The standard InChI is InChI=1S/C18H20N2O3S/c1-3-23-16-10-9-14(2)13-17(16)24(21,22)20-12-11-19-18(20)15-7-5-4-6-8-15/h4-10,13H,3,11-12H2,1-2H3. The molecule has 24 heavy (non-hydrogen) atoms. The molecule has 1 aliphatic rings. The summed E-state index contributed by atoms with van der Waals surface area (Å²) < 4.78 is 33.4. The fourth-order valence-corrected chi connectivity index (χ4v) is 4.36. The smallest absolute Gasteiger partial charge is 0.269 e. The lowest BCUT2D eigenvalue weighted by atomic mass is 10.2. The summed E-state index contributed by atoms with van der Waals surface area (Å²) in [5.74, 6) is 0.863. The maximum atomic E-state index is 13.2. The molecule has 3 rings (SSSR count). The third-order valence-electron chi connectivity index (χ3n) is 3.80. The van der Waals surface area contributed by atoms with Crippen LogP contribution in [0.4, 0.5) is 0 Å². The molecule has 0 amide bonds. The maximum absolute atomic E-state index is 13.2. The van der Waals surface area contributed by atoms with Crippen LogP contribution in [0.2, 0.25) is 0 Å². The second-order valence-corrected chi connectivity index (χ2v) is 7.36. The van der Waals surface area contributed by atoms with E-state index in [4.69, 9.17) is 4.74 Å². The zero-order valence-corrected chi connectivity index (χ0v) is 14.6. The topological polar surface area (TPSA) is 59.0 Å². The molecule has 0 aliphatic carbocycles. The molecule has 0 spiro atoms. The summed E-state index contributed by atoms with van der Waals surface area (Å²) in [5, 5.41) is 0. The van der Waals surface area contributed by atoms with Crippen molar-refractivity contribution in [2.75, 3.05) is 19.7 Å². The van der Waals surface area contributed by atoms with Crippen molar-refractivity contribution in [1.82, 2.24) is 4.31 Å². The first-order valence-electron chi connectivity index (χ1n) is 7.90. The van der Waals surface area contributed by atoms with Gasteiger partial charge in [-0.2, -0.15) is 0 Å². The van der Waals surface area contributed by atoms with Gasteiger partial charge in [0.15, 0.2) is 0 Å². The summed E-state index contributed by atoms with van der Waals surface area (Å²) in [6.07, 6.45) is 0. The highest BCUT2D eigenvalue weighted by Crippen LogP contribution is 2.30. The van der Waals surface area contributed by atoms with E-state index in [1.54, 1.807) is 12.1 Å². The van der Waals surface area contributed by atoms with Crippen molar-refractivity contribution in [3.05, 3.63) is 59.7 Å². The number of aliphatic imine (C=N–C) groups is 1. The van der Waals surface area contributed by atoms with Crippen LogP contribution in [0.1, 0.15) is 18.1 Å². The lowest BCUT2D eigenvalue weighted by Crippen LogP contribution is -2.35. The molecule has 0 radical (unpaired) electrons. The Morgan fingerprint density at radius 1 is 1.17 bits per heavy atom.